The molecule has 0 spiro atoms. The summed E-state index contributed by atoms with van der Waals surface area (Å²) < 4.78 is 2.12. The zero-order valence-electron chi connectivity index (χ0n) is 21.4. The number of fused-ring (bicyclic) bond motifs is 1. The second kappa shape index (κ2) is 11.8. The Kier molecular flexibility index (Phi) is 8.29. The van der Waals surface area contributed by atoms with E-state index < -0.39 is 0 Å². The lowest BCUT2D eigenvalue weighted by Gasteiger charge is -2.37. The molecule has 3 amide bonds. The average Bonchev–Trinajstić information content (AvgIpc) is 3.40. The number of hydrogen-bond donors (Lipinski definition) is 2. The molecular weight excluding hydrogens is 470 g/mol. The van der Waals surface area contributed by atoms with Crippen LogP contribution in [0.15, 0.2) is 61.0 Å². The Balaban J connectivity index is 0.00000156. The van der Waals surface area contributed by atoms with Gasteiger partial charge in [0.1, 0.15) is 25.1 Å². The van der Waals surface area contributed by atoms with Crippen molar-refractivity contribution in [3.63, 3.8) is 0 Å². The summed E-state index contributed by atoms with van der Waals surface area (Å²) in [6, 6.07) is 9.52. The van der Waals surface area contributed by atoms with Gasteiger partial charge in [0.25, 0.3) is 0 Å². The van der Waals surface area contributed by atoms with E-state index in [9.17, 15) is 9.59 Å². The Labute approximate surface area is 217 Å². The van der Waals surface area contributed by atoms with Crippen LogP contribution in [0.25, 0.3) is 0 Å². The van der Waals surface area contributed by atoms with Gasteiger partial charge in [0.15, 0.2) is 6.21 Å². The molecule has 0 bridgehead atoms. The predicted molar refractivity (Wildman–Crippen MR) is 144 cm³/mol. The molecule has 1 unspecified atom stereocenters. The first kappa shape index (κ1) is 26.0. The van der Waals surface area contributed by atoms with E-state index in [2.05, 4.69) is 27.5 Å². The van der Waals surface area contributed by atoms with Crippen molar-refractivity contribution in [2.75, 3.05) is 55.5 Å². The SMILES string of the molecule is C=CC(=O)N1CCC(CN2C(=O)N(c3ccccc3)Cc3cnc(NC4=CCC[N+](C)=C4)nc32)C1.CO. The van der Waals surface area contributed by atoms with Crippen LogP contribution >= 0.6 is 0 Å². The van der Waals surface area contributed by atoms with Crippen molar-refractivity contribution in [3.8, 4) is 0 Å². The molecule has 1 atom stereocenters. The quantitative estimate of drug-likeness (QED) is 0.463. The van der Waals surface area contributed by atoms with E-state index in [-0.39, 0.29) is 17.9 Å². The molecule has 0 aliphatic carbocycles. The standard InChI is InChI=1S/C26H30N7O2.CH4O/c1-3-23(34)31-13-11-19(15-31)16-33-24-20(17-32(26(33)35)22-9-5-4-6-10-22)14-27-25(29-24)28-21-8-7-12-30(2)18-21;1-2/h3-6,8-10,14,18-19H,1,7,11-13,15-17H2,2H3,(H,27,28,29);2H,1H3/q+1;. The highest BCUT2D eigenvalue weighted by atomic mass is 16.2. The van der Waals surface area contributed by atoms with Gasteiger partial charge in [-0.3, -0.25) is 14.6 Å². The zero-order valence-corrected chi connectivity index (χ0v) is 21.4. The van der Waals surface area contributed by atoms with Gasteiger partial charge >= 0.3 is 6.03 Å². The van der Waals surface area contributed by atoms with Crippen molar-refractivity contribution < 1.29 is 19.3 Å². The number of carbonyl (C=O) groups is 2. The van der Waals surface area contributed by atoms with Crippen molar-refractivity contribution >= 4 is 35.6 Å². The molecule has 1 aromatic heterocycles. The summed E-state index contributed by atoms with van der Waals surface area (Å²) in [6.07, 6.45) is 9.06. The van der Waals surface area contributed by atoms with Crippen LogP contribution < -0.4 is 15.1 Å². The number of para-hydroxylation sites is 1. The highest BCUT2D eigenvalue weighted by Crippen LogP contribution is 2.32. The van der Waals surface area contributed by atoms with E-state index in [1.165, 1.54) is 6.08 Å². The third-order valence-electron chi connectivity index (χ3n) is 6.63. The normalized spacial score (nSPS) is 18.8. The maximum atomic E-state index is 13.7. The average molecular weight is 505 g/mol. The van der Waals surface area contributed by atoms with Gasteiger partial charge in [-0.2, -0.15) is 4.98 Å². The van der Waals surface area contributed by atoms with Gasteiger partial charge in [0.2, 0.25) is 11.9 Å². The fraction of sp³-hybridized carbons (Fsp3) is 0.370. The highest BCUT2D eigenvalue weighted by Gasteiger charge is 2.36. The molecular formula is C27H34N7O3+. The van der Waals surface area contributed by atoms with Crippen LogP contribution in [-0.4, -0.2) is 83.0 Å². The van der Waals surface area contributed by atoms with Gasteiger partial charge in [-0.05, 0) is 36.6 Å². The van der Waals surface area contributed by atoms with E-state index >= 15 is 0 Å². The monoisotopic (exact) mass is 504 g/mol. The maximum Gasteiger partial charge on any atom is 0.330 e. The number of aliphatic hydroxyl groups is 1. The first-order valence-corrected chi connectivity index (χ1v) is 12.4. The van der Waals surface area contributed by atoms with Crippen LogP contribution in [0.5, 0.6) is 0 Å². The number of benzene rings is 1. The summed E-state index contributed by atoms with van der Waals surface area (Å²) in [7, 11) is 3.03. The number of nitrogens with one attached hydrogen (secondary N) is 1. The second-order valence-electron chi connectivity index (χ2n) is 9.18. The predicted octanol–water partition coefficient (Wildman–Crippen LogP) is 2.48. The second-order valence-corrected chi connectivity index (χ2v) is 9.18. The lowest BCUT2D eigenvalue weighted by molar-refractivity contribution is -0.492. The van der Waals surface area contributed by atoms with Crippen molar-refractivity contribution in [1.29, 1.82) is 0 Å². The summed E-state index contributed by atoms with van der Waals surface area (Å²) in [5.41, 5.74) is 2.65. The zero-order chi connectivity index (χ0) is 26.4. The van der Waals surface area contributed by atoms with Gasteiger partial charge in [0, 0.05) is 50.6 Å². The number of anilines is 3. The number of amides is 3. The summed E-state index contributed by atoms with van der Waals surface area (Å²) in [5, 5.41) is 10.3. The number of likely N-dealkylation sites (tertiary alicyclic amines) is 1. The third kappa shape index (κ3) is 5.86. The minimum Gasteiger partial charge on any atom is -0.400 e. The summed E-state index contributed by atoms with van der Waals surface area (Å²) >= 11 is 0. The van der Waals surface area contributed by atoms with Gasteiger partial charge < -0.3 is 15.3 Å². The van der Waals surface area contributed by atoms with E-state index in [0.717, 1.165) is 43.4 Å². The van der Waals surface area contributed by atoms with Crippen LogP contribution in [0.1, 0.15) is 18.4 Å². The topological polar surface area (TPSA) is 105 Å². The fourth-order valence-corrected chi connectivity index (χ4v) is 4.81. The minimum absolute atomic E-state index is 0.0698. The van der Waals surface area contributed by atoms with E-state index in [1.807, 2.05) is 43.6 Å². The van der Waals surface area contributed by atoms with Crippen molar-refractivity contribution in [2.45, 2.75) is 19.4 Å². The summed E-state index contributed by atoms with van der Waals surface area (Å²) in [5.74, 6) is 1.17. The number of nitrogens with zero attached hydrogens (tertiary/aromatic N) is 6. The Hall–Kier alpha value is -4.05. The van der Waals surface area contributed by atoms with Crippen LogP contribution in [0.4, 0.5) is 22.2 Å². The number of rotatable bonds is 6. The van der Waals surface area contributed by atoms with Gasteiger partial charge in [-0.15, -0.1) is 0 Å². The minimum atomic E-state index is -0.120. The summed E-state index contributed by atoms with van der Waals surface area (Å²) in [4.78, 5) is 40.5. The molecule has 5 rings (SSSR count). The lowest BCUT2D eigenvalue weighted by atomic mass is 10.1. The molecule has 1 saturated heterocycles. The first-order valence-electron chi connectivity index (χ1n) is 12.4. The number of urea groups is 1. The third-order valence-corrected chi connectivity index (χ3v) is 6.63. The van der Waals surface area contributed by atoms with E-state index in [4.69, 9.17) is 10.1 Å². The molecule has 10 nitrogen and oxygen atoms in total. The number of allylic oxidation sites excluding steroid dienone is 1. The Morgan fingerprint density at radius 1 is 1.30 bits per heavy atom. The molecule has 4 heterocycles. The molecule has 0 saturated carbocycles. The lowest BCUT2D eigenvalue weighted by Crippen LogP contribution is -2.50. The largest absolute Gasteiger partial charge is 0.400 e. The molecule has 37 heavy (non-hydrogen) atoms. The molecule has 2 N–H and O–H groups in total. The molecule has 10 heteroatoms. The Bertz CT molecular complexity index is 1210. The molecule has 3 aliphatic rings. The Morgan fingerprint density at radius 3 is 2.81 bits per heavy atom. The van der Waals surface area contributed by atoms with Crippen LogP contribution in [0, 0.1) is 5.92 Å². The van der Waals surface area contributed by atoms with Crippen molar-refractivity contribution in [2.24, 2.45) is 5.92 Å². The van der Waals surface area contributed by atoms with Crippen molar-refractivity contribution in [1.82, 2.24) is 14.9 Å². The first-order chi connectivity index (χ1) is 18.0. The molecule has 2 aromatic rings. The van der Waals surface area contributed by atoms with Gasteiger partial charge in [-0.1, -0.05) is 24.8 Å². The van der Waals surface area contributed by atoms with E-state index in [0.29, 0.717) is 37.9 Å². The Morgan fingerprint density at radius 2 is 2.08 bits per heavy atom. The van der Waals surface area contributed by atoms with Crippen molar-refractivity contribution in [3.05, 3.63) is 66.5 Å². The summed E-state index contributed by atoms with van der Waals surface area (Å²) in [6.45, 7) is 6.71. The van der Waals surface area contributed by atoms with Crippen LogP contribution in [0.2, 0.25) is 0 Å². The van der Waals surface area contributed by atoms with Gasteiger partial charge in [0.05, 0.1) is 6.54 Å². The number of carbonyl (C=O) groups excluding carboxylic acids is 2. The number of aliphatic hydroxyl groups excluding tert-OH is 1. The smallest absolute Gasteiger partial charge is 0.330 e. The van der Waals surface area contributed by atoms with E-state index in [1.54, 1.807) is 20.9 Å². The number of aromatic nitrogens is 2. The number of hydrogen-bond acceptors (Lipinski definition) is 6. The molecule has 0 radical (unpaired) electrons. The van der Waals surface area contributed by atoms with Crippen LogP contribution in [-0.2, 0) is 11.3 Å². The maximum absolute atomic E-state index is 13.7. The molecule has 1 aromatic carbocycles. The molecule has 1 fully saturated rings. The van der Waals surface area contributed by atoms with Gasteiger partial charge in [-0.25, -0.2) is 14.4 Å². The molecule has 194 valence electrons. The fourth-order valence-electron chi connectivity index (χ4n) is 4.81. The highest BCUT2D eigenvalue weighted by molar-refractivity contribution is 6.05. The molecule has 3 aliphatic heterocycles. The van der Waals surface area contributed by atoms with Crippen LogP contribution in [0.3, 0.4) is 0 Å².